The molecule has 33 heavy (non-hydrogen) atoms. The second-order valence-corrected chi connectivity index (χ2v) is 9.84. The number of amides is 2. The molecule has 2 atom stereocenters. The number of thioether (sulfide) groups is 3. The molecule has 2 N–H and O–H groups in total. The summed E-state index contributed by atoms with van der Waals surface area (Å²) >= 11 is 4.12. The van der Waals surface area contributed by atoms with E-state index < -0.39 is 29.2 Å². The number of fused-ring (bicyclic) bond motifs is 1. The zero-order chi connectivity index (χ0) is 23.5. The Hall–Kier alpha value is -2.72. The monoisotopic (exact) mass is 513 g/mol. The van der Waals surface area contributed by atoms with Gasteiger partial charge in [0.2, 0.25) is 10.9 Å². The summed E-state index contributed by atoms with van der Waals surface area (Å²) in [6.45, 7) is 0.416. The summed E-state index contributed by atoms with van der Waals surface area (Å²) in [5.41, 5.74) is 0.423. The molecule has 0 spiro atoms. The minimum absolute atomic E-state index is 0.0719. The fourth-order valence-corrected chi connectivity index (χ4v) is 6.24. The van der Waals surface area contributed by atoms with E-state index in [0.29, 0.717) is 28.8 Å². The minimum atomic E-state index is -1.20. The van der Waals surface area contributed by atoms with E-state index >= 15 is 0 Å². The number of β-lactam (4-membered cyclic amide) rings is 1. The molecule has 4 rings (SSSR count). The number of nitrogens with one attached hydrogen (secondary N) is 1. The SMILES string of the molecule is CON=C(C(=O)NC1C(=O)N2C(C(=O)O)=C(CSc3nnnn3C)CS[C@@H]12)C1=CSCCO1. The Morgan fingerprint density at radius 2 is 2.30 bits per heavy atom. The number of aromatic nitrogens is 4. The molecule has 1 saturated heterocycles. The molecule has 0 bridgehead atoms. The van der Waals surface area contributed by atoms with Crippen molar-refractivity contribution in [1.82, 2.24) is 30.4 Å². The van der Waals surface area contributed by atoms with E-state index in [1.807, 2.05) is 0 Å². The molecule has 4 heterocycles. The predicted molar refractivity (Wildman–Crippen MR) is 120 cm³/mol. The first kappa shape index (κ1) is 23.4. The summed E-state index contributed by atoms with van der Waals surface area (Å²) in [7, 11) is 2.98. The van der Waals surface area contributed by atoms with Gasteiger partial charge in [0.25, 0.3) is 11.8 Å². The number of carbonyl (C=O) groups is 3. The number of carboxylic acid groups (broad SMARTS) is 1. The number of hydrogen-bond acceptors (Lipinski definition) is 12. The van der Waals surface area contributed by atoms with Crippen molar-refractivity contribution in [2.75, 3.05) is 31.0 Å². The van der Waals surface area contributed by atoms with Gasteiger partial charge in [-0.15, -0.1) is 28.6 Å². The predicted octanol–water partition coefficient (Wildman–Crippen LogP) is -0.352. The molecule has 13 nitrogen and oxygen atoms in total. The van der Waals surface area contributed by atoms with Crippen LogP contribution in [-0.2, 0) is 31.0 Å². The summed E-state index contributed by atoms with van der Waals surface area (Å²) < 4.78 is 6.95. The lowest BCUT2D eigenvalue weighted by Gasteiger charge is -2.49. The van der Waals surface area contributed by atoms with Crippen LogP contribution < -0.4 is 5.32 Å². The van der Waals surface area contributed by atoms with Crippen molar-refractivity contribution in [2.45, 2.75) is 16.6 Å². The van der Waals surface area contributed by atoms with Crippen LogP contribution >= 0.6 is 35.3 Å². The van der Waals surface area contributed by atoms with Crippen LogP contribution in [0.5, 0.6) is 0 Å². The van der Waals surface area contributed by atoms with Gasteiger partial charge in [0.05, 0.1) is 6.61 Å². The maximum absolute atomic E-state index is 12.9. The summed E-state index contributed by atoms with van der Waals surface area (Å²) in [4.78, 5) is 43.7. The van der Waals surface area contributed by atoms with Crippen LogP contribution in [0.15, 0.2) is 32.7 Å². The molecule has 16 heteroatoms. The summed E-state index contributed by atoms with van der Waals surface area (Å²) in [5, 5.41) is 29.0. The van der Waals surface area contributed by atoms with Crippen molar-refractivity contribution in [3.63, 3.8) is 0 Å². The van der Waals surface area contributed by atoms with Gasteiger partial charge < -0.3 is 20.0 Å². The van der Waals surface area contributed by atoms with E-state index in [-0.39, 0.29) is 17.2 Å². The third-order valence-electron chi connectivity index (χ3n) is 4.77. The number of rotatable bonds is 8. The maximum Gasteiger partial charge on any atom is 0.352 e. The van der Waals surface area contributed by atoms with Crippen LogP contribution in [0.1, 0.15) is 0 Å². The Morgan fingerprint density at radius 1 is 1.48 bits per heavy atom. The highest BCUT2D eigenvalue weighted by Crippen LogP contribution is 2.41. The normalized spacial score (nSPS) is 22.7. The van der Waals surface area contributed by atoms with Crippen molar-refractivity contribution in [3.8, 4) is 0 Å². The third kappa shape index (κ3) is 4.67. The van der Waals surface area contributed by atoms with E-state index in [9.17, 15) is 19.5 Å². The first-order valence-electron chi connectivity index (χ1n) is 9.54. The van der Waals surface area contributed by atoms with Crippen molar-refractivity contribution in [3.05, 3.63) is 22.4 Å². The number of carbonyl (C=O) groups excluding carboxylic acids is 2. The maximum atomic E-state index is 12.9. The minimum Gasteiger partial charge on any atom is -0.490 e. The van der Waals surface area contributed by atoms with Gasteiger partial charge in [-0.1, -0.05) is 16.9 Å². The largest absolute Gasteiger partial charge is 0.490 e. The lowest BCUT2D eigenvalue weighted by atomic mass is 10.0. The van der Waals surface area contributed by atoms with Gasteiger partial charge in [-0.25, -0.2) is 9.48 Å². The van der Waals surface area contributed by atoms with Gasteiger partial charge in [-0.2, -0.15) is 0 Å². The van der Waals surface area contributed by atoms with Gasteiger partial charge >= 0.3 is 5.97 Å². The zero-order valence-corrected chi connectivity index (χ0v) is 19.9. The second kappa shape index (κ2) is 10.0. The van der Waals surface area contributed by atoms with Gasteiger partial charge in [0.1, 0.15) is 24.2 Å². The van der Waals surface area contributed by atoms with Gasteiger partial charge in [0.15, 0.2) is 5.76 Å². The van der Waals surface area contributed by atoms with Crippen LogP contribution in [0.2, 0.25) is 0 Å². The van der Waals surface area contributed by atoms with Crippen molar-refractivity contribution in [2.24, 2.45) is 12.2 Å². The molecule has 0 radical (unpaired) electrons. The van der Waals surface area contributed by atoms with Gasteiger partial charge in [-0.3, -0.25) is 14.5 Å². The van der Waals surface area contributed by atoms with E-state index in [2.05, 4.69) is 26.0 Å². The Bertz CT molecular complexity index is 1070. The quantitative estimate of drug-likeness (QED) is 0.201. The molecule has 3 aliphatic rings. The standard InChI is InChI=1S/C17H19N7O6S3/c1-23-17(19-21-22-23)33-6-8-5-32-15-11(14(26)24(15)12(8)16(27)28)18-13(25)10(20-29-2)9-7-31-4-3-30-9/h7,11,15H,3-6H2,1-2H3,(H,18,25)(H,27,28)/t11?,15-/m0/s1. The van der Waals surface area contributed by atoms with Crippen molar-refractivity contribution < 1.29 is 29.1 Å². The van der Waals surface area contributed by atoms with Crippen molar-refractivity contribution >= 4 is 58.8 Å². The number of tetrazole rings is 1. The lowest BCUT2D eigenvalue weighted by molar-refractivity contribution is -0.150. The van der Waals surface area contributed by atoms with Crippen LogP contribution in [0.4, 0.5) is 0 Å². The fourth-order valence-electron chi connectivity index (χ4n) is 3.28. The highest BCUT2D eigenvalue weighted by atomic mass is 32.2. The first-order valence-corrected chi connectivity index (χ1v) is 12.6. The number of nitrogens with zero attached hydrogens (tertiary/aromatic N) is 6. The lowest BCUT2D eigenvalue weighted by Crippen LogP contribution is -2.71. The van der Waals surface area contributed by atoms with Crippen LogP contribution in [0, 0.1) is 0 Å². The van der Waals surface area contributed by atoms with Crippen molar-refractivity contribution in [1.29, 1.82) is 0 Å². The number of aryl methyl sites for hydroxylation is 1. The smallest absolute Gasteiger partial charge is 0.352 e. The zero-order valence-electron chi connectivity index (χ0n) is 17.5. The Labute approximate surface area is 200 Å². The van der Waals surface area contributed by atoms with Crippen LogP contribution in [0.25, 0.3) is 0 Å². The second-order valence-electron chi connectivity index (χ2n) is 6.82. The molecule has 1 fully saturated rings. The number of hydrogen-bond donors (Lipinski definition) is 2. The molecular weight excluding hydrogens is 494 g/mol. The first-order chi connectivity index (χ1) is 15.9. The average molecular weight is 514 g/mol. The average Bonchev–Trinajstić information content (AvgIpc) is 3.23. The molecule has 0 aliphatic carbocycles. The number of oxime groups is 1. The third-order valence-corrected chi connectivity index (χ3v) is 7.99. The van der Waals surface area contributed by atoms with Crippen LogP contribution in [0.3, 0.4) is 0 Å². The molecule has 1 unspecified atom stereocenters. The van der Waals surface area contributed by atoms with E-state index in [1.54, 1.807) is 12.5 Å². The molecular formula is C17H19N7O6S3. The molecule has 3 aliphatic heterocycles. The Morgan fingerprint density at radius 3 is 2.94 bits per heavy atom. The van der Waals surface area contributed by atoms with E-state index in [4.69, 9.17) is 9.57 Å². The molecule has 176 valence electrons. The fraction of sp³-hybridized carbons (Fsp3) is 0.471. The Balaban J connectivity index is 1.48. The highest BCUT2D eigenvalue weighted by molar-refractivity contribution is 8.02. The molecule has 1 aromatic heterocycles. The highest BCUT2D eigenvalue weighted by Gasteiger charge is 2.54. The number of aliphatic carboxylic acids is 1. The van der Waals surface area contributed by atoms with E-state index in [0.717, 1.165) is 5.75 Å². The van der Waals surface area contributed by atoms with Gasteiger partial charge in [0, 0.05) is 29.7 Å². The van der Waals surface area contributed by atoms with Crippen LogP contribution in [-0.4, -0.2) is 96.1 Å². The Kier molecular flexibility index (Phi) is 7.14. The molecule has 0 aromatic carbocycles. The summed E-state index contributed by atoms with van der Waals surface area (Å²) in [6, 6.07) is -0.895. The number of ether oxygens (including phenoxy) is 1. The number of carboxylic acids is 1. The molecule has 1 aromatic rings. The molecule has 0 saturated carbocycles. The summed E-state index contributed by atoms with van der Waals surface area (Å²) in [5.74, 6) is -0.655. The summed E-state index contributed by atoms with van der Waals surface area (Å²) in [6.07, 6.45) is 0. The van der Waals surface area contributed by atoms with E-state index in [1.165, 1.54) is 52.0 Å². The topological polar surface area (TPSA) is 161 Å². The molecule has 2 amide bonds. The van der Waals surface area contributed by atoms with Gasteiger partial charge in [-0.05, 0) is 16.0 Å².